The van der Waals surface area contributed by atoms with E-state index in [0.29, 0.717) is 28.1 Å². The van der Waals surface area contributed by atoms with Gasteiger partial charge in [-0.3, -0.25) is 0 Å². The SMILES string of the molecule is CC(C)NCc1c(F)cccc1Oc1ccc(F)c(Br)c1. The monoisotopic (exact) mass is 355 g/mol. The van der Waals surface area contributed by atoms with Gasteiger partial charge in [-0.05, 0) is 46.3 Å². The molecule has 0 fully saturated rings. The van der Waals surface area contributed by atoms with Crippen molar-refractivity contribution in [2.75, 3.05) is 0 Å². The molecule has 0 spiro atoms. The number of hydrogen-bond acceptors (Lipinski definition) is 2. The molecule has 0 radical (unpaired) electrons. The highest BCUT2D eigenvalue weighted by Gasteiger charge is 2.11. The molecule has 2 aromatic carbocycles. The first kappa shape index (κ1) is 15.9. The Balaban J connectivity index is 2.26. The summed E-state index contributed by atoms with van der Waals surface area (Å²) >= 11 is 3.10. The molecule has 21 heavy (non-hydrogen) atoms. The lowest BCUT2D eigenvalue weighted by molar-refractivity contribution is 0.455. The van der Waals surface area contributed by atoms with Crippen molar-refractivity contribution in [2.45, 2.75) is 26.4 Å². The summed E-state index contributed by atoms with van der Waals surface area (Å²) in [5, 5.41) is 3.16. The highest BCUT2D eigenvalue weighted by Crippen LogP contribution is 2.29. The van der Waals surface area contributed by atoms with Crippen LogP contribution in [0.3, 0.4) is 0 Å². The lowest BCUT2D eigenvalue weighted by Gasteiger charge is -2.14. The van der Waals surface area contributed by atoms with Crippen LogP contribution in [0.5, 0.6) is 11.5 Å². The standard InChI is InChI=1S/C16H16BrF2NO/c1-10(2)20-9-12-14(18)4-3-5-16(12)21-11-6-7-15(19)13(17)8-11/h3-8,10,20H,9H2,1-2H3. The summed E-state index contributed by atoms with van der Waals surface area (Å²) in [4.78, 5) is 0. The second kappa shape index (κ2) is 7.00. The lowest BCUT2D eigenvalue weighted by atomic mass is 10.1. The summed E-state index contributed by atoms with van der Waals surface area (Å²) in [6.45, 7) is 4.33. The highest BCUT2D eigenvalue weighted by atomic mass is 79.9. The van der Waals surface area contributed by atoms with Gasteiger partial charge in [0.25, 0.3) is 0 Å². The fourth-order valence-corrected chi connectivity index (χ4v) is 2.14. The van der Waals surface area contributed by atoms with E-state index in [-0.39, 0.29) is 17.7 Å². The van der Waals surface area contributed by atoms with E-state index in [1.165, 1.54) is 24.3 Å². The molecule has 0 saturated carbocycles. The Kier molecular flexibility index (Phi) is 5.31. The van der Waals surface area contributed by atoms with Gasteiger partial charge >= 0.3 is 0 Å². The number of ether oxygens (including phenoxy) is 1. The molecular formula is C16H16BrF2NO. The summed E-state index contributed by atoms with van der Waals surface area (Å²) < 4.78 is 33.2. The van der Waals surface area contributed by atoms with E-state index in [1.807, 2.05) is 13.8 Å². The van der Waals surface area contributed by atoms with Gasteiger partial charge in [0, 0.05) is 18.2 Å². The first-order valence-corrected chi connectivity index (χ1v) is 7.40. The molecule has 0 amide bonds. The Morgan fingerprint density at radius 1 is 1.14 bits per heavy atom. The van der Waals surface area contributed by atoms with Gasteiger partial charge in [0.1, 0.15) is 23.1 Å². The van der Waals surface area contributed by atoms with Crippen LogP contribution in [0.25, 0.3) is 0 Å². The maximum atomic E-state index is 14.0. The van der Waals surface area contributed by atoms with E-state index in [9.17, 15) is 8.78 Å². The van der Waals surface area contributed by atoms with Crippen molar-refractivity contribution in [3.8, 4) is 11.5 Å². The molecule has 0 saturated heterocycles. The van der Waals surface area contributed by atoms with Gasteiger partial charge in [-0.15, -0.1) is 0 Å². The Morgan fingerprint density at radius 2 is 1.90 bits per heavy atom. The molecule has 0 aliphatic rings. The molecule has 1 N–H and O–H groups in total. The molecule has 2 nitrogen and oxygen atoms in total. The third-order valence-corrected chi connectivity index (χ3v) is 3.49. The predicted octanol–water partition coefficient (Wildman–Crippen LogP) is 5.02. The van der Waals surface area contributed by atoms with Crippen molar-refractivity contribution in [3.63, 3.8) is 0 Å². The van der Waals surface area contributed by atoms with Crippen LogP contribution in [-0.2, 0) is 6.54 Å². The van der Waals surface area contributed by atoms with Gasteiger partial charge < -0.3 is 10.1 Å². The molecule has 112 valence electrons. The van der Waals surface area contributed by atoms with Crippen LogP contribution < -0.4 is 10.1 Å². The van der Waals surface area contributed by atoms with Crippen LogP contribution in [0.4, 0.5) is 8.78 Å². The van der Waals surface area contributed by atoms with Crippen LogP contribution in [0.2, 0.25) is 0 Å². The zero-order valence-electron chi connectivity index (χ0n) is 11.8. The normalized spacial score (nSPS) is 11.0. The van der Waals surface area contributed by atoms with Gasteiger partial charge in [-0.2, -0.15) is 0 Å². The molecule has 0 aromatic heterocycles. The third-order valence-electron chi connectivity index (χ3n) is 2.88. The van der Waals surface area contributed by atoms with E-state index in [1.54, 1.807) is 12.1 Å². The first-order chi connectivity index (χ1) is 9.97. The van der Waals surface area contributed by atoms with Crippen molar-refractivity contribution in [2.24, 2.45) is 0 Å². The average molecular weight is 356 g/mol. The summed E-state index contributed by atoms with van der Waals surface area (Å²) in [6, 6.07) is 9.22. The molecule has 5 heteroatoms. The molecule has 0 aliphatic heterocycles. The zero-order valence-corrected chi connectivity index (χ0v) is 13.4. The summed E-state index contributed by atoms with van der Waals surface area (Å²) in [5.41, 5.74) is 0.451. The number of halogens is 3. The average Bonchev–Trinajstić information content (AvgIpc) is 2.42. The topological polar surface area (TPSA) is 21.3 Å². The number of nitrogens with one attached hydrogen (secondary N) is 1. The predicted molar refractivity (Wildman–Crippen MR) is 82.5 cm³/mol. The first-order valence-electron chi connectivity index (χ1n) is 6.61. The smallest absolute Gasteiger partial charge is 0.137 e. The Hall–Kier alpha value is -1.46. The van der Waals surface area contributed by atoms with Gasteiger partial charge in [0.05, 0.1) is 4.47 Å². The van der Waals surface area contributed by atoms with Crippen molar-refractivity contribution in [3.05, 3.63) is 58.1 Å². The van der Waals surface area contributed by atoms with Gasteiger partial charge in [0.2, 0.25) is 0 Å². The van der Waals surface area contributed by atoms with E-state index < -0.39 is 0 Å². The quantitative estimate of drug-likeness (QED) is 0.813. The third kappa shape index (κ3) is 4.25. The van der Waals surface area contributed by atoms with Crippen LogP contribution in [-0.4, -0.2) is 6.04 Å². The minimum Gasteiger partial charge on any atom is -0.457 e. The molecule has 0 atom stereocenters. The van der Waals surface area contributed by atoms with Crippen LogP contribution in [0.15, 0.2) is 40.9 Å². The van der Waals surface area contributed by atoms with Crippen LogP contribution >= 0.6 is 15.9 Å². The Morgan fingerprint density at radius 3 is 2.57 bits per heavy atom. The minimum atomic E-state index is -0.372. The molecule has 0 unspecified atom stereocenters. The number of rotatable bonds is 5. The second-order valence-electron chi connectivity index (χ2n) is 4.93. The maximum absolute atomic E-state index is 14.0. The number of benzene rings is 2. The van der Waals surface area contributed by atoms with Crippen LogP contribution in [0.1, 0.15) is 19.4 Å². The van der Waals surface area contributed by atoms with Crippen molar-refractivity contribution in [1.82, 2.24) is 5.32 Å². The van der Waals surface area contributed by atoms with E-state index in [2.05, 4.69) is 21.2 Å². The highest BCUT2D eigenvalue weighted by molar-refractivity contribution is 9.10. The molecule has 2 aromatic rings. The molecule has 0 bridgehead atoms. The fourth-order valence-electron chi connectivity index (χ4n) is 1.78. The maximum Gasteiger partial charge on any atom is 0.137 e. The van der Waals surface area contributed by atoms with Crippen molar-refractivity contribution >= 4 is 15.9 Å². The van der Waals surface area contributed by atoms with Gasteiger partial charge in [-0.25, -0.2) is 8.78 Å². The summed E-state index contributed by atoms with van der Waals surface area (Å²) in [5.74, 6) is 0.159. The van der Waals surface area contributed by atoms with E-state index in [4.69, 9.17) is 4.74 Å². The second-order valence-corrected chi connectivity index (χ2v) is 5.78. The zero-order chi connectivity index (χ0) is 15.4. The summed E-state index contributed by atoms with van der Waals surface area (Å²) in [7, 11) is 0. The Bertz CT molecular complexity index is 632. The Labute approximate surface area is 131 Å². The largest absolute Gasteiger partial charge is 0.457 e. The minimum absolute atomic E-state index is 0.234. The fraction of sp³-hybridized carbons (Fsp3) is 0.250. The molecular weight excluding hydrogens is 340 g/mol. The van der Waals surface area contributed by atoms with Crippen molar-refractivity contribution in [1.29, 1.82) is 0 Å². The molecule has 2 rings (SSSR count). The lowest BCUT2D eigenvalue weighted by Crippen LogP contribution is -2.22. The van der Waals surface area contributed by atoms with Gasteiger partial charge in [-0.1, -0.05) is 19.9 Å². The van der Waals surface area contributed by atoms with Crippen LogP contribution in [0, 0.1) is 11.6 Å². The molecule has 0 heterocycles. The molecule has 0 aliphatic carbocycles. The summed E-state index contributed by atoms with van der Waals surface area (Å²) in [6.07, 6.45) is 0. The van der Waals surface area contributed by atoms with E-state index >= 15 is 0 Å². The number of hydrogen-bond donors (Lipinski definition) is 1. The van der Waals surface area contributed by atoms with Crippen molar-refractivity contribution < 1.29 is 13.5 Å². The van der Waals surface area contributed by atoms with Gasteiger partial charge in [0.15, 0.2) is 0 Å². The van der Waals surface area contributed by atoms with E-state index in [0.717, 1.165) is 0 Å².